The maximum Gasteiger partial charge on any atom is 0.273 e. The van der Waals surface area contributed by atoms with Crippen molar-refractivity contribution in [3.8, 4) is 0 Å². The maximum absolute atomic E-state index is 12.2. The molecule has 3 rings (SSSR count). The molecule has 0 bridgehead atoms. The second-order valence-electron chi connectivity index (χ2n) is 5.84. The van der Waals surface area contributed by atoms with E-state index in [1.165, 1.54) is 17.6 Å². The minimum atomic E-state index is -0.162. The van der Waals surface area contributed by atoms with Crippen molar-refractivity contribution in [1.82, 2.24) is 10.3 Å². The number of anilines is 1. The number of nitrogens with one attached hydrogen (secondary N) is 1. The molecule has 0 spiro atoms. The van der Waals surface area contributed by atoms with E-state index in [4.69, 9.17) is 4.42 Å². The molecule has 0 saturated carbocycles. The number of amides is 1. The van der Waals surface area contributed by atoms with Gasteiger partial charge in [0, 0.05) is 31.2 Å². The van der Waals surface area contributed by atoms with Crippen LogP contribution >= 0.6 is 0 Å². The van der Waals surface area contributed by atoms with Crippen LogP contribution in [0.5, 0.6) is 0 Å². The summed E-state index contributed by atoms with van der Waals surface area (Å²) < 4.78 is 5.29. The molecule has 116 valence electrons. The number of aromatic nitrogens is 1. The van der Waals surface area contributed by atoms with E-state index in [-0.39, 0.29) is 11.8 Å². The predicted molar refractivity (Wildman–Crippen MR) is 85.3 cm³/mol. The molecular weight excluding hydrogens is 278 g/mol. The number of oxazole rings is 1. The van der Waals surface area contributed by atoms with Gasteiger partial charge in [-0.1, -0.05) is 32.0 Å². The van der Waals surface area contributed by atoms with Crippen molar-refractivity contribution < 1.29 is 9.21 Å². The first-order valence-corrected chi connectivity index (χ1v) is 7.71. The molecule has 0 unspecified atom stereocenters. The summed E-state index contributed by atoms with van der Waals surface area (Å²) in [6.07, 6.45) is 2.41. The predicted octanol–water partition coefficient (Wildman–Crippen LogP) is 2.59. The molecule has 0 atom stereocenters. The topological polar surface area (TPSA) is 58.4 Å². The lowest BCUT2D eigenvalue weighted by molar-refractivity contribution is 0.0948. The van der Waals surface area contributed by atoms with E-state index in [0.29, 0.717) is 18.0 Å². The van der Waals surface area contributed by atoms with Gasteiger partial charge in [-0.2, -0.15) is 0 Å². The highest BCUT2D eigenvalue weighted by molar-refractivity contribution is 5.93. The maximum atomic E-state index is 12.2. The fraction of sp³-hybridized carbons (Fsp3) is 0.412. The van der Waals surface area contributed by atoms with E-state index in [0.717, 1.165) is 19.5 Å². The third-order valence-electron chi connectivity index (χ3n) is 3.98. The molecule has 1 N–H and O–H groups in total. The molecule has 0 fully saturated rings. The van der Waals surface area contributed by atoms with Crippen LogP contribution in [0.15, 0.2) is 35.1 Å². The second-order valence-corrected chi connectivity index (χ2v) is 5.84. The number of carbonyl (C=O) groups excluding carboxylic acids is 1. The van der Waals surface area contributed by atoms with Crippen molar-refractivity contribution in [3.05, 3.63) is 47.7 Å². The lowest BCUT2D eigenvalue weighted by atomic mass is 10.1. The fourth-order valence-electron chi connectivity index (χ4n) is 2.86. The Morgan fingerprint density at radius 2 is 2.23 bits per heavy atom. The summed E-state index contributed by atoms with van der Waals surface area (Å²) in [5.41, 5.74) is 3.06. The molecule has 0 aliphatic carbocycles. The van der Waals surface area contributed by atoms with Crippen LogP contribution in [0.2, 0.25) is 0 Å². The summed E-state index contributed by atoms with van der Waals surface area (Å²) in [4.78, 5) is 18.5. The van der Waals surface area contributed by atoms with E-state index in [1.54, 1.807) is 0 Å². The number of rotatable bonds is 5. The number of para-hydroxylation sites is 1. The molecule has 1 aliphatic rings. The first-order valence-electron chi connectivity index (χ1n) is 7.71. The quantitative estimate of drug-likeness (QED) is 0.922. The Morgan fingerprint density at radius 1 is 1.41 bits per heavy atom. The van der Waals surface area contributed by atoms with Crippen molar-refractivity contribution in [2.24, 2.45) is 0 Å². The number of fused-ring (bicyclic) bond motifs is 1. The van der Waals surface area contributed by atoms with Gasteiger partial charge in [-0.15, -0.1) is 0 Å². The summed E-state index contributed by atoms with van der Waals surface area (Å²) in [5.74, 6) is 0.627. The summed E-state index contributed by atoms with van der Waals surface area (Å²) in [7, 11) is 0. The highest BCUT2D eigenvalue weighted by Crippen LogP contribution is 2.26. The third-order valence-corrected chi connectivity index (χ3v) is 3.98. The Bertz CT molecular complexity index is 663. The lowest BCUT2D eigenvalue weighted by Gasteiger charge is -2.19. The van der Waals surface area contributed by atoms with Gasteiger partial charge in [0.15, 0.2) is 12.1 Å². The van der Waals surface area contributed by atoms with Gasteiger partial charge in [-0.05, 0) is 18.1 Å². The summed E-state index contributed by atoms with van der Waals surface area (Å²) in [6.45, 7) is 6.38. The van der Waals surface area contributed by atoms with Gasteiger partial charge in [0.05, 0.1) is 0 Å². The average molecular weight is 299 g/mol. The normalized spacial score (nSPS) is 13.5. The van der Waals surface area contributed by atoms with Crippen LogP contribution in [0.3, 0.4) is 0 Å². The zero-order valence-electron chi connectivity index (χ0n) is 13.0. The minimum Gasteiger partial charge on any atom is -0.447 e. The number of hydrogen-bond donors (Lipinski definition) is 1. The van der Waals surface area contributed by atoms with Gasteiger partial charge in [0.2, 0.25) is 0 Å². The van der Waals surface area contributed by atoms with Gasteiger partial charge >= 0.3 is 0 Å². The van der Waals surface area contributed by atoms with Crippen LogP contribution in [-0.4, -0.2) is 30.5 Å². The van der Waals surface area contributed by atoms with Gasteiger partial charge in [-0.3, -0.25) is 4.79 Å². The largest absolute Gasteiger partial charge is 0.447 e. The van der Waals surface area contributed by atoms with E-state index in [2.05, 4.69) is 39.5 Å². The number of carbonyl (C=O) groups is 1. The van der Waals surface area contributed by atoms with Crippen LogP contribution in [0.1, 0.15) is 41.6 Å². The molecule has 0 radical (unpaired) electrons. The van der Waals surface area contributed by atoms with Gasteiger partial charge in [0.25, 0.3) is 5.91 Å². The van der Waals surface area contributed by atoms with Crippen molar-refractivity contribution in [3.63, 3.8) is 0 Å². The Hall–Kier alpha value is -2.30. The van der Waals surface area contributed by atoms with E-state index in [9.17, 15) is 4.79 Å². The Labute approximate surface area is 130 Å². The summed E-state index contributed by atoms with van der Waals surface area (Å²) >= 11 is 0. The zero-order chi connectivity index (χ0) is 15.5. The first-order chi connectivity index (χ1) is 10.7. The zero-order valence-corrected chi connectivity index (χ0v) is 13.0. The van der Waals surface area contributed by atoms with Crippen LogP contribution in [-0.2, 0) is 6.42 Å². The van der Waals surface area contributed by atoms with Gasteiger partial charge in [-0.25, -0.2) is 4.98 Å². The fourth-order valence-corrected chi connectivity index (χ4v) is 2.86. The van der Waals surface area contributed by atoms with Crippen molar-refractivity contribution in [2.75, 3.05) is 24.5 Å². The lowest BCUT2D eigenvalue weighted by Crippen LogP contribution is -2.34. The highest BCUT2D eigenvalue weighted by atomic mass is 16.3. The average Bonchev–Trinajstić information content (AvgIpc) is 3.14. The van der Waals surface area contributed by atoms with Crippen LogP contribution in [0.4, 0.5) is 5.69 Å². The number of hydrogen-bond acceptors (Lipinski definition) is 4. The van der Waals surface area contributed by atoms with E-state index < -0.39 is 0 Å². The van der Waals surface area contributed by atoms with Crippen LogP contribution in [0, 0.1) is 0 Å². The minimum absolute atomic E-state index is 0.147. The first kappa shape index (κ1) is 14.6. The molecule has 1 amide bonds. The second kappa shape index (κ2) is 6.22. The standard InChI is InChI=1S/C17H21N3O2/c1-12(2)16-15(19-11-22-16)17(21)18-8-10-20-9-7-13-5-3-4-6-14(13)20/h3-6,11-12H,7-10H2,1-2H3,(H,18,21). The van der Waals surface area contributed by atoms with Crippen LogP contribution in [0.25, 0.3) is 0 Å². The molecule has 5 nitrogen and oxygen atoms in total. The molecule has 22 heavy (non-hydrogen) atoms. The van der Waals surface area contributed by atoms with Gasteiger partial charge in [0.1, 0.15) is 5.76 Å². The Kier molecular flexibility index (Phi) is 4.13. The molecule has 0 saturated heterocycles. The van der Waals surface area contributed by atoms with E-state index in [1.807, 2.05) is 13.8 Å². The Morgan fingerprint density at radius 3 is 3.05 bits per heavy atom. The number of benzene rings is 1. The molecule has 1 aromatic carbocycles. The summed E-state index contributed by atoms with van der Waals surface area (Å²) in [5, 5.41) is 2.93. The third kappa shape index (κ3) is 2.84. The van der Waals surface area contributed by atoms with Gasteiger partial charge < -0.3 is 14.6 Å². The smallest absolute Gasteiger partial charge is 0.273 e. The van der Waals surface area contributed by atoms with Crippen molar-refractivity contribution in [2.45, 2.75) is 26.2 Å². The molecule has 1 aromatic heterocycles. The molecule has 1 aliphatic heterocycles. The van der Waals surface area contributed by atoms with Crippen LogP contribution < -0.4 is 10.2 Å². The monoisotopic (exact) mass is 299 g/mol. The van der Waals surface area contributed by atoms with E-state index >= 15 is 0 Å². The number of nitrogens with zero attached hydrogens (tertiary/aromatic N) is 2. The molecular formula is C17H21N3O2. The molecule has 5 heteroatoms. The highest BCUT2D eigenvalue weighted by Gasteiger charge is 2.20. The molecule has 2 aromatic rings. The Balaban J connectivity index is 1.56. The SMILES string of the molecule is CC(C)c1ocnc1C(=O)NCCN1CCc2ccccc21. The van der Waals surface area contributed by atoms with Crippen molar-refractivity contribution >= 4 is 11.6 Å². The van der Waals surface area contributed by atoms with Crippen molar-refractivity contribution in [1.29, 1.82) is 0 Å². The molecule has 2 heterocycles. The summed E-state index contributed by atoms with van der Waals surface area (Å²) in [6, 6.07) is 8.43.